The van der Waals surface area contributed by atoms with Crippen molar-refractivity contribution in [3.05, 3.63) is 43.4 Å². The van der Waals surface area contributed by atoms with Crippen LogP contribution in [-0.2, 0) is 13.2 Å². The minimum atomic E-state index is -0.659. The van der Waals surface area contributed by atoms with E-state index in [4.69, 9.17) is 16.7 Å². The van der Waals surface area contributed by atoms with Gasteiger partial charge >= 0.3 is 5.69 Å². The quantitative estimate of drug-likeness (QED) is 0.642. The number of hydrogen-bond acceptors (Lipinski definition) is 5. The number of rotatable bonds is 3. The van der Waals surface area contributed by atoms with E-state index >= 15 is 0 Å². The summed E-state index contributed by atoms with van der Waals surface area (Å²) < 4.78 is 1.35. The molecule has 0 aliphatic carbocycles. The number of nitrogens with zero attached hydrogens (tertiary/aromatic N) is 3. The summed E-state index contributed by atoms with van der Waals surface area (Å²) in [6.45, 7) is -0.148. The van der Waals surface area contributed by atoms with Gasteiger partial charge in [-0.15, -0.1) is 5.10 Å². The molecule has 9 heteroatoms. The van der Waals surface area contributed by atoms with E-state index < -0.39 is 11.2 Å². The summed E-state index contributed by atoms with van der Waals surface area (Å²) in [5, 5.41) is 16.0. The van der Waals surface area contributed by atoms with Crippen LogP contribution < -0.4 is 11.2 Å². The number of hydrogen-bond donors (Lipinski definition) is 3. The van der Waals surface area contributed by atoms with Gasteiger partial charge in [-0.25, -0.2) is 9.48 Å². The van der Waals surface area contributed by atoms with Gasteiger partial charge in [0.1, 0.15) is 10.7 Å². The second kappa shape index (κ2) is 4.52. The molecule has 0 bridgehead atoms. The van der Waals surface area contributed by atoms with Crippen molar-refractivity contribution in [2.45, 2.75) is 13.2 Å². The summed E-state index contributed by atoms with van der Waals surface area (Å²) in [5.74, 6) is 0. The van der Waals surface area contributed by atoms with Crippen molar-refractivity contribution in [1.82, 2.24) is 25.0 Å². The molecule has 17 heavy (non-hydrogen) atoms. The van der Waals surface area contributed by atoms with Crippen molar-refractivity contribution in [3.63, 3.8) is 0 Å². The molecule has 0 aliphatic heterocycles. The minimum absolute atomic E-state index is 0.0883. The summed E-state index contributed by atoms with van der Waals surface area (Å²) in [6, 6.07) is 0. The van der Waals surface area contributed by atoms with Gasteiger partial charge in [0.25, 0.3) is 5.56 Å². The van der Waals surface area contributed by atoms with Crippen molar-refractivity contribution in [1.29, 1.82) is 0 Å². The molecule has 90 valence electrons. The first-order valence-corrected chi connectivity index (χ1v) is 4.99. The molecule has 2 heterocycles. The highest BCUT2D eigenvalue weighted by molar-refractivity contribution is 6.30. The summed E-state index contributed by atoms with van der Waals surface area (Å²) in [4.78, 5) is 26.7. The fourth-order valence-corrected chi connectivity index (χ4v) is 1.43. The maximum Gasteiger partial charge on any atom is 0.326 e. The van der Waals surface area contributed by atoms with Gasteiger partial charge in [0.05, 0.1) is 25.0 Å². The van der Waals surface area contributed by atoms with E-state index in [0.717, 1.165) is 0 Å². The molecule has 8 nitrogen and oxygen atoms in total. The number of aliphatic hydroxyl groups excluding tert-OH is 1. The van der Waals surface area contributed by atoms with Crippen LogP contribution in [0.1, 0.15) is 11.4 Å². The molecule has 0 unspecified atom stereocenters. The van der Waals surface area contributed by atoms with Gasteiger partial charge in [-0.05, 0) is 0 Å². The van der Waals surface area contributed by atoms with Gasteiger partial charge in [-0.2, -0.15) is 0 Å². The Hall–Kier alpha value is -1.93. The molecule has 0 saturated heterocycles. The van der Waals surface area contributed by atoms with Crippen LogP contribution in [-0.4, -0.2) is 30.1 Å². The second-order valence-corrected chi connectivity index (χ2v) is 3.64. The van der Waals surface area contributed by atoms with Gasteiger partial charge < -0.3 is 10.1 Å². The van der Waals surface area contributed by atoms with Crippen LogP contribution in [0.2, 0.25) is 5.02 Å². The first-order valence-electron chi connectivity index (χ1n) is 4.61. The maximum atomic E-state index is 11.2. The molecular formula is C8H8ClN5O3. The van der Waals surface area contributed by atoms with E-state index in [0.29, 0.717) is 5.69 Å². The maximum absolute atomic E-state index is 11.2. The Kier molecular flexibility index (Phi) is 3.07. The zero-order valence-electron chi connectivity index (χ0n) is 8.47. The number of aromatic amines is 2. The van der Waals surface area contributed by atoms with Gasteiger partial charge in [-0.1, -0.05) is 16.8 Å². The van der Waals surface area contributed by atoms with Crippen molar-refractivity contribution in [2.24, 2.45) is 0 Å². The zero-order valence-corrected chi connectivity index (χ0v) is 9.23. The van der Waals surface area contributed by atoms with Gasteiger partial charge in [0, 0.05) is 0 Å². The summed E-state index contributed by atoms with van der Waals surface area (Å²) in [5.41, 5.74) is -0.687. The Balaban J connectivity index is 2.36. The van der Waals surface area contributed by atoms with Crippen molar-refractivity contribution < 1.29 is 5.11 Å². The summed E-state index contributed by atoms with van der Waals surface area (Å²) in [6.07, 6.45) is 1.48. The Morgan fingerprint density at radius 1 is 1.41 bits per heavy atom. The lowest BCUT2D eigenvalue weighted by molar-refractivity contribution is 0.276. The van der Waals surface area contributed by atoms with Crippen LogP contribution in [0.25, 0.3) is 0 Å². The highest BCUT2D eigenvalue weighted by Gasteiger charge is 2.08. The highest BCUT2D eigenvalue weighted by atomic mass is 35.5. The molecule has 3 N–H and O–H groups in total. The van der Waals surface area contributed by atoms with E-state index in [2.05, 4.69) is 15.3 Å². The minimum Gasteiger partial charge on any atom is -0.390 e. The Labute approximate surface area is 98.9 Å². The monoisotopic (exact) mass is 257 g/mol. The van der Waals surface area contributed by atoms with Gasteiger partial charge in [0.15, 0.2) is 0 Å². The molecule has 0 fully saturated rings. The number of nitrogens with one attached hydrogen (secondary N) is 2. The summed E-state index contributed by atoms with van der Waals surface area (Å²) >= 11 is 5.73. The number of halogens is 1. The Morgan fingerprint density at radius 2 is 2.18 bits per heavy atom. The van der Waals surface area contributed by atoms with E-state index in [9.17, 15) is 9.59 Å². The zero-order chi connectivity index (χ0) is 12.4. The predicted octanol–water partition coefficient (Wildman–Crippen LogP) is -1.15. The SMILES string of the molecule is O=c1[nH]c(Cn2cc(CO)nn2)c(Cl)c(=O)[nH]1. The summed E-state index contributed by atoms with van der Waals surface area (Å²) in [7, 11) is 0. The second-order valence-electron chi connectivity index (χ2n) is 3.27. The first-order chi connectivity index (χ1) is 8.10. The third-order valence-corrected chi connectivity index (χ3v) is 2.42. The molecular weight excluding hydrogens is 250 g/mol. The third-order valence-electron chi connectivity index (χ3n) is 2.02. The molecule has 0 aliphatic rings. The first kappa shape index (κ1) is 11.6. The lowest BCUT2D eigenvalue weighted by atomic mass is 10.4. The normalized spacial score (nSPS) is 10.7. The Morgan fingerprint density at radius 3 is 2.82 bits per heavy atom. The van der Waals surface area contributed by atoms with Crippen LogP contribution in [0.3, 0.4) is 0 Å². The molecule has 0 spiro atoms. The lowest BCUT2D eigenvalue weighted by Gasteiger charge is -2.01. The van der Waals surface area contributed by atoms with E-state index in [-0.39, 0.29) is 23.9 Å². The third kappa shape index (κ3) is 2.43. The van der Waals surface area contributed by atoms with Crippen LogP contribution in [0.4, 0.5) is 0 Å². The molecule has 2 rings (SSSR count). The topological polar surface area (TPSA) is 117 Å². The number of H-pyrrole nitrogens is 2. The van der Waals surface area contributed by atoms with E-state index in [1.165, 1.54) is 10.9 Å². The van der Waals surface area contributed by atoms with E-state index in [1.54, 1.807) is 0 Å². The molecule has 0 aromatic carbocycles. The van der Waals surface area contributed by atoms with Crippen LogP contribution >= 0.6 is 11.6 Å². The highest BCUT2D eigenvalue weighted by Crippen LogP contribution is 2.06. The molecule has 0 saturated carbocycles. The number of aliphatic hydroxyl groups is 1. The van der Waals surface area contributed by atoms with Gasteiger partial charge in [-0.3, -0.25) is 9.78 Å². The fraction of sp³-hybridized carbons (Fsp3) is 0.250. The average Bonchev–Trinajstić information content (AvgIpc) is 2.73. The van der Waals surface area contributed by atoms with Crippen molar-refractivity contribution in [3.8, 4) is 0 Å². The Bertz CT molecular complexity index is 643. The molecule has 2 aromatic heterocycles. The molecule has 2 aromatic rings. The number of aromatic nitrogens is 5. The van der Waals surface area contributed by atoms with Crippen LogP contribution in [0.5, 0.6) is 0 Å². The molecule has 0 atom stereocenters. The van der Waals surface area contributed by atoms with Gasteiger partial charge in [0.2, 0.25) is 0 Å². The van der Waals surface area contributed by atoms with Crippen LogP contribution in [0, 0.1) is 0 Å². The van der Waals surface area contributed by atoms with Crippen molar-refractivity contribution >= 4 is 11.6 Å². The predicted molar refractivity (Wildman–Crippen MR) is 57.7 cm³/mol. The molecule has 0 amide bonds. The van der Waals surface area contributed by atoms with Crippen molar-refractivity contribution in [2.75, 3.05) is 0 Å². The largest absolute Gasteiger partial charge is 0.390 e. The van der Waals surface area contributed by atoms with Crippen LogP contribution in [0.15, 0.2) is 15.8 Å². The standard InChI is InChI=1S/C8H8ClN5O3/c9-6-5(10-8(17)11-7(6)16)2-14-1-4(3-15)12-13-14/h1,15H,2-3H2,(H2,10,11,16,17). The fourth-order valence-electron chi connectivity index (χ4n) is 1.28. The molecule has 0 radical (unpaired) electrons. The average molecular weight is 258 g/mol. The smallest absolute Gasteiger partial charge is 0.326 e. The van der Waals surface area contributed by atoms with E-state index in [1.807, 2.05) is 4.98 Å². The lowest BCUT2D eigenvalue weighted by Crippen LogP contribution is -2.25.